The first-order valence-electron chi connectivity index (χ1n) is 8.29. The summed E-state index contributed by atoms with van der Waals surface area (Å²) in [6, 6.07) is 5.55. The number of aromatic nitrogens is 2. The van der Waals surface area contributed by atoms with Crippen LogP contribution in [0.3, 0.4) is 0 Å². The molecule has 0 spiro atoms. The topological polar surface area (TPSA) is 82.5 Å². The first-order valence-corrected chi connectivity index (χ1v) is 9.04. The van der Waals surface area contributed by atoms with E-state index in [4.69, 9.17) is 33.8 Å². The number of hydrogen-bond acceptors (Lipinski definition) is 4. The second kappa shape index (κ2) is 8.00. The van der Waals surface area contributed by atoms with Crippen molar-refractivity contribution in [3.8, 4) is 0 Å². The van der Waals surface area contributed by atoms with Crippen molar-refractivity contribution in [2.24, 2.45) is 10.9 Å². The van der Waals surface area contributed by atoms with Gasteiger partial charge in [-0.25, -0.2) is 4.79 Å². The zero-order chi connectivity index (χ0) is 20.5. The number of amidine groups is 1. The molecule has 150 valence electrons. The van der Waals surface area contributed by atoms with Crippen molar-refractivity contribution in [2.75, 3.05) is 0 Å². The van der Waals surface area contributed by atoms with Crippen LogP contribution in [0, 0.1) is 0 Å². The van der Waals surface area contributed by atoms with Crippen molar-refractivity contribution in [1.82, 2.24) is 9.78 Å². The lowest BCUT2D eigenvalue weighted by atomic mass is 10.2. The molecule has 0 aliphatic heterocycles. The zero-order valence-corrected chi connectivity index (χ0v) is 15.9. The van der Waals surface area contributed by atoms with E-state index in [9.17, 15) is 18.0 Å². The molecule has 1 aliphatic carbocycles. The molecule has 0 saturated heterocycles. The summed E-state index contributed by atoms with van der Waals surface area (Å²) in [7, 11) is 0. The lowest BCUT2D eigenvalue weighted by Crippen LogP contribution is -2.17. The van der Waals surface area contributed by atoms with Crippen LogP contribution in [0.25, 0.3) is 0 Å². The number of hydrogen-bond donors (Lipinski definition) is 1. The predicted molar refractivity (Wildman–Crippen MR) is 97.1 cm³/mol. The Labute approximate surface area is 168 Å². The third-order valence-corrected chi connectivity index (χ3v) is 4.63. The quantitative estimate of drug-likeness (QED) is 0.317. The number of nitrogens with two attached hydrogens (primary N) is 1. The average molecular weight is 435 g/mol. The maximum Gasteiger partial charge on any atom is 0.435 e. The highest BCUT2D eigenvalue weighted by Gasteiger charge is 2.37. The van der Waals surface area contributed by atoms with Gasteiger partial charge in [-0.1, -0.05) is 28.4 Å². The van der Waals surface area contributed by atoms with Gasteiger partial charge in [-0.3, -0.25) is 4.68 Å². The van der Waals surface area contributed by atoms with Crippen LogP contribution in [0.2, 0.25) is 10.0 Å². The highest BCUT2D eigenvalue weighted by Crippen LogP contribution is 2.42. The number of benzene rings is 1. The predicted octanol–water partition coefficient (Wildman–Crippen LogP) is 4.34. The van der Waals surface area contributed by atoms with Gasteiger partial charge in [0.25, 0.3) is 0 Å². The van der Waals surface area contributed by atoms with Crippen LogP contribution < -0.4 is 5.73 Å². The van der Waals surface area contributed by atoms with E-state index < -0.39 is 17.8 Å². The van der Waals surface area contributed by atoms with Crippen molar-refractivity contribution < 1.29 is 22.8 Å². The van der Waals surface area contributed by atoms with Crippen LogP contribution in [0.1, 0.15) is 42.1 Å². The van der Waals surface area contributed by atoms with E-state index in [2.05, 4.69) is 10.3 Å². The first kappa shape index (κ1) is 20.5. The van der Waals surface area contributed by atoms with Crippen molar-refractivity contribution in [3.63, 3.8) is 0 Å². The first-order chi connectivity index (χ1) is 13.1. The Morgan fingerprint density at radius 2 is 2.04 bits per heavy atom. The van der Waals surface area contributed by atoms with E-state index in [0.717, 1.165) is 18.9 Å². The zero-order valence-electron chi connectivity index (χ0n) is 14.3. The maximum atomic E-state index is 12.9. The Hall–Kier alpha value is -2.26. The van der Waals surface area contributed by atoms with E-state index in [1.807, 2.05) is 0 Å². The van der Waals surface area contributed by atoms with Gasteiger partial charge >= 0.3 is 12.1 Å². The summed E-state index contributed by atoms with van der Waals surface area (Å²) in [4.78, 5) is 16.6. The van der Waals surface area contributed by atoms with Crippen LogP contribution >= 0.6 is 23.2 Å². The van der Waals surface area contributed by atoms with Gasteiger partial charge in [0.1, 0.15) is 0 Å². The smallest absolute Gasteiger partial charge is 0.380 e. The van der Waals surface area contributed by atoms with E-state index in [1.165, 1.54) is 16.8 Å². The summed E-state index contributed by atoms with van der Waals surface area (Å²) in [5.41, 5.74) is 5.56. The van der Waals surface area contributed by atoms with Crippen molar-refractivity contribution in [2.45, 2.75) is 37.9 Å². The van der Waals surface area contributed by atoms with Gasteiger partial charge in [0.15, 0.2) is 11.5 Å². The van der Waals surface area contributed by atoms with Crippen LogP contribution in [-0.2, 0) is 22.4 Å². The number of rotatable bonds is 6. The third-order valence-electron chi connectivity index (χ3n) is 4.08. The summed E-state index contributed by atoms with van der Waals surface area (Å²) in [6.45, 7) is -0.0577. The van der Waals surface area contributed by atoms with Crippen molar-refractivity contribution >= 4 is 35.0 Å². The molecule has 0 radical (unpaired) electrons. The number of carbonyl (C=O) groups is 1. The summed E-state index contributed by atoms with van der Waals surface area (Å²) in [5.74, 6) is -0.855. The molecular weight excluding hydrogens is 420 g/mol. The molecule has 0 amide bonds. The summed E-state index contributed by atoms with van der Waals surface area (Å²) < 4.78 is 39.8. The lowest BCUT2D eigenvalue weighted by Gasteiger charge is -2.06. The molecule has 0 unspecified atom stereocenters. The fraction of sp³-hybridized carbons (Fsp3) is 0.353. The molecular formula is C17H15Cl2F3N4O2. The molecule has 2 aromatic rings. The molecule has 6 nitrogen and oxygen atoms in total. The number of nitrogens with zero attached hydrogens (tertiary/aromatic N) is 3. The number of aryl methyl sites for hydroxylation is 1. The highest BCUT2D eigenvalue weighted by atomic mass is 35.5. The van der Waals surface area contributed by atoms with Gasteiger partial charge in [-0.05, 0) is 37.1 Å². The second-order valence-electron chi connectivity index (χ2n) is 6.26. The monoisotopic (exact) mass is 434 g/mol. The third kappa shape index (κ3) is 4.96. The summed E-state index contributed by atoms with van der Waals surface area (Å²) >= 11 is 11.8. The molecule has 0 bridgehead atoms. The van der Waals surface area contributed by atoms with E-state index in [-0.39, 0.29) is 29.7 Å². The van der Waals surface area contributed by atoms with Gasteiger partial charge in [-0.15, -0.1) is 0 Å². The van der Waals surface area contributed by atoms with Gasteiger partial charge < -0.3 is 10.6 Å². The molecule has 11 heteroatoms. The minimum Gasteiger partial charge on any atom is -0.380 e. The number of carbonyl (C=O) groups excluding carboxylic acids is 1. The SMILES string of the molecule is N/C(=N\OC(=O)CCn1nc(C(F)(F)F)cc1C1CC1)c1ccc(Cl)cc1Cl. The minimum absolute atomic E-state index is 0.0420. The number of oxime groups is 1. The average Bonchev–Trinajstić information content (AvgIpc) is 3.35. The standard InChI is InChI=1S/C17H15Cl2F3N4O2/c18-10-3-4-11(12(19)7-10)16(23)25-28-15(27)5-6-26-13(9-1-2-9)8-14(24-26)17(20,21)22/h3-4,7-9H,1-2,5-6H2,(H2,23,25). The minimum atomic E-state index is -4.54. The number of halogens is 5. The van der Waals surface area contributed by atoms with Crippen molar-refractivity contribution in [3.05, 3.63) is 51.3 Å². The Kier molecular flexibility index (Phi) is 5.85. The molecule has 1 aromatic heterocycles. The molecule has 1 heterocycles. The van der Waals surface area contributed by atoms with Crippen molar-refractivity contribution in [1.29, 1.82) is 0 Å². The fourth-order valence-corrected chi connectivity index (χ4v) is 3.05. The maximum absolute atomic E-state index is 12.9. The van der Waals surface area contributed by atoms with Gasteiger partial charge in [0.2, 0.25) is 0 Å². The van der Waals surface area contributed by atoms with Crippen LogP contribution in [0.4, 0.5) is 13.2 Å². The molecule has 3 rings (SSSR count). The molecule has 1 fully saturated rings. The Morgan fingerprint density at radius 1 is 1.32 bits per heavy atom. The Bertz CT molecular complexity index is 924. The molecule has 2 N–H and O–H groups in total. The van der Waals surface area contributed by atoms with E-state index in [1.54, 1.807) is 6.07 Å². The highest BCUT2D eigenvalue weighted by molar-refractivity contribution is 6.36. The van der Waals surface area contributed by atoms with Crippen LogP contribution in [-0.4, -0.2) is 21.6 Å². The van der Waals surface area contributed by atoms with Crippen LogP contribution in [0.15, 0.2) is 29.4 Å². The van der Waals surface area contributed by atoms with Gasteiger partial charge in [0, 0.05) is 22.2 Å². The number of alkyl halides is 3. The molecule has 0 atom stereocenters. The van der Waals surface area contributed by atoms with Gasteiger partial charge in [0.05, 0.1) is 18.0 Å². The lowest BCUT2D eigenvalue weighted by molar-refractivity contribution is -0.144. The van der Waals surface area contributed by atoms with E-state index >= 15 is 0 Å². The van der Waals surface area contributed by atoms with Crippen LogP contribution in [0.5, 0.6) is 0 Å². The normalized spacial score (nSPS) is 15.0. The second-order valence-corrected chi connectivity index (χ2v) is 7.11. The molecule has 28 heavy (non-hydrogen) atoms. The summed E-state index contributed by atoms with van der Waals surface area (Å²) in [6.07, 6.45) is -3.15. The van der Waals surface area contributed by atoms with E-state index in [0.29, 0.717) is 16.3 Å². The largest absolute Gasteiger partial charge is 0.435 e. The fourth-order valence-electron chi connectivity index (χ4n) is 2.55. The molecule has 1 aromatic carbocycles. The van der Waals surface area contributed by atoms with Gasteiger partial charge in [-0.2, -0.15) is 18.3 Å². The molecule has 1 saturated carbocycles. The Balaban J connectivity index is 1.62. The summed E-state index contributed by atoms with van der Waals surface area (Å²) in [5, 5.41) is 7.73. The molecule has 1 aliphatic rings. The Morgan fingerprint density at radius 3 is 2.64 bits per heavy atom.